The Balaban J connectivity index is 1.68. The van der Waals surface area contributed by atoms with Gasteiger partial charge in [0, 0.05) is 35.8 Å². The molecular formula is C21H21FN2O6S2. The zero-order valence-electron chi connectivity index (χ0n) is 17.1. The van der Waals surface area contributed by atoms with Crippen LogP contribution in [0.15, 0.2) is 41.3 Å². The number of nitrogens with one attached hydrogen (secondary N) is 1. The second-order valence-corrected chi connectivity index (χ2v) is 10.1. The van der Waals surface area contributed by atoms with Gasteiger partial charge in [-0.15, -0.1) is 11.3 Å². The molecule has 0 spiro atoms. The molecule has 1 amide bonds. The highest BCUT2D eigenvalue weighted by Crippen LogP contribution is 2.35. The smallest absolute Gasteiger partial charge is 0.266 e. The summed E-state index contributed by atoms with van der Waals surface area (Å²) in [5.41, 5.74) is 0.324. The number of fused-ring (bicyclic) bond motifs is 1. The number of hydrogen-bond donors (Lipinski definition) is 2. The number of anilines is 1. The Kier molecular flexibility index (Phi) is 6.45. The van der Waals surface area contributed by atoms with Crippen molar-refractivity contribution in [2.45, 2.75) is 11.5 Å². The van der Waals surface area contributed by atoms with Crippen molar-refractivity contribution in [3.05, 3.63) is 52.7 Å². The van der Waals surface area contributed by atoms with Gasteiger partial charge in [-0.2, -0.15) is 4.31 Å². The van der Waals surface area contributed by atoms with E-state index in [-0.39, 0.29) is 40.9 Å². The minimum absolute atomic E-state index is 0.0150. The minimum atomic E-state index is -3.82. The highest BCUT2D eigenvalue weighted by Gasteiger charge is 2.28. The molecule has 2 aromatic carbocycles. The number of aromatic hydroxyl groups is 1. The number of amides is 1. The van der Waals surface area contributed by atoms with E-state index in [4.69, 9.17) is 9.47 Å². The summed E-state index contributed by atoms with van der Waals surface area (Å²) in [6.45, 7) is 1.05. The lowest BCUT2D eigenvalue weighted by Gasteiger charge is -2.26. The molecule has 0 bridgehead atoms. The van der Waals surface area contributed by atoms with E-state index >= 15 is 0 Å². The maximum absolute atomic E-state index is 14.4. The van der Waals surface area contributed by atoms with Crippen LogP contribution in [0.2, 0.25) is 0 Å². The first-order valence-corrected chi connectivity index (χ1v) is 12.0. The lowest BCUT2D eigenvalue weighted by Crippen LogP contribution is -2.40. The predicted molar refractivity (Wildman–Crippen MR) is 118 cm³/mol. The maximum atomic E-state index is 14.4. The van der Waals surface area contributed by atoms with E-state index in [1.807, 2.05) is 0 Å². The topological polar surface area (TPSA) is 105 Å². The summed E-state index contributed by atoms with van der Waals surface area (Å²) in [5, 5.41) is 13.1. The molecule has 0 unspecified atom stereocenters. The molecule has 4 rings (SSSR count). The Labute approximate surface area is 188 Å². The summed E-state index contributed by atoms with van der Waals surface area (Å²) in [5.74, 6) is -1.36. The van der Waals surface area contributed by atoms with E-state index in [2.05, 4.69) is 5.32 Å². The molecule has 0 atom stereocenters. The van der Waals surface area contributed by atoms with E-state index < -0.39 is 21.7 Å². The summed E-state index contributed by atoms with van der Waals surface area (Å²) in [7, 11) is -2.38. The number of ether oxygens (including phenoxy) is 2. The number of carbonyl (C=O) groups excluding carboxylic acids is 1. The third-order valence-corrected chi connectivity index (χ3v) is 8.17. The minimum Gasteiger partial charge on any atom is -0.506 e. The molecule has 0 aliphatic carbocycles. The van der Waals surface area contributed by atoms with Crippen LogP contribution >= 0.6 is 11.3 Å². The average molecular weight is 481 g/mol. The van der Waals surface area contributed by atoms with Crippen molar-refractivity contribution in [1.29, 1.82) is 0 Å². The predicted octanol–water partition coefficient (Wildman–Crippen LogP) is 3.17. The van der Waals surface area contributed by atoms with E-state index in [0.717, 1.165) is 11.3 Å². The fourth-order valence-corrected chi connectivity index (χ4v) is 6.08. The molecule has 1 fully saturated rings. The van der Waals surface area contributed by atoms with Crippen molar-refractivity contribution in [2.75, 3.05) is 38.7 Å². The molecule has 1 aromatic heterocycles. The van der Waals surface area contributed by atoms with Crippen molar-refractivity contribution in [2.24, 2.45) is 0 Å². The van der Waals surface area contributed by atoms with Gasteiger partial charge in [0.1, 0.15) is 11.6 Å². The molecule has 1 aliphatic rings. The second kappa shape index (κ2) is 9.12. The molecule has 32 heavy (non-hydrogen) atoms. The highest BCUT2D eigenvalue weighted by atomic mass is 32.2. The fourth-order valence-electron chi connectivity index (χ4n) is 3.52. The van der Waals surface area contributed by atoms with Gasteiger partial charge in [-0.1, -0.05) is 6.07 Å². The van der Waals surface area contributed by atoms with Crippen LogP contribution in [-0.4, -0.2) is 57.1 Å². The number of rotatable bonds is 6. The fraction of sp³-hybridized carbons (Fsp3) is 0.286. The van der Waals surface area contributed by atoms with Crippen LogP contribution < -0.4 is 5.32 Å². The Bertz CT molecular complexity index is 1270. The summed E-state index contributed by atoms with van der Waals surface area (Å²) in [6, 6.07) is 8.26. The van der Waals surface area contributed by atoms with Crippen LogP contribution in [-0.2, 0) is 26.1 Å². The van der Waals surface area contributed by atoms with Crippen LogP contribution in [0.3, 0.4) is 0 Å². The number of phenols is 1. The van der Waals surface area contributed by atoms with Gasteiger partial charge in [-0.3, -0.25) is 4.79 Å². The monoisotopic (exact) mass is 480 g/mol. The summed E-state index contributed by atoms with van der Waals surface area (Å²) in [6.07, 6.45) is 0. The van der Waals surface area contributed by atoms with Crippen molar-refractivity contribution >= 4 is 43.0 Å². The standard InChI is InChI=1S/C21H21FN2O6S2/c1-29-12-14-19-15(22)3-2-4-18(19)31-20(14)21(26)23-16-11-13(5-6-17(16)25)32(27,28)24-7-9-30-10-8-24/h2-6,11,25H,7-10,12H2,1H3,(H,23,26). The second-order valence-electron chi connectivity index (χ2n) is 7.11. The van der Waals surface area contributed by atoms with Gasteiger partial charge in [0.2, 0.25) is 10.0 Å². The Hall–Kier alpha value is -2.57. The zero-order valence-corrected chi connectivity index (χ0v) is 18.8. The van der Waals surface area contributed by atoms with Crippen LogP contribution in [0.4, 0.5) is 10.1 Å². The van der Waals surface area contributed by atoms with Gasteiger partial charge in [-0.05, 0) is 30.3 Å². The maximum Gasteiger partial charge on any atom is 0.266 e. The first-order valence-electron chi connectivity index (χ1n) is 9.74. The molecule has 2 N–H and O–H groups in total. The molecule has 0 radical (unpaired) electrons. The van der Waals surface area contributed by atoms with Gasteiger partial charge in [0.15, 0.2) is 0 Å². The highest BCUT2D eigenvalue weighted by molar-refractivity contribution is 7.89. The molecular weight excluding hydrogens is 459 g/mol. The number of nitrogens with zero attached hydrogens (tertiary/aromatic N) is 1. The first-order chi connectivity index (χ1) is 15.3. The number of thiophene rings is 1. The van der Waals surface area contributed by atoms with Crippen LogP contribution in [0.25, 0.3) is 10.1 Å². The third kappa shape index (κ3) is 4.21. The van der Waals surface area contributed by atoms with Crippen LogP contribution in [0, 0.1) is 5.82 Å². The summed E-state index contributed by atoms with van der Waals surface area (Å²) >= 11 is 1.09. The van der Waals surface area contributed by atoms with Crippen molar-refractivity contribution in [3.63, 3.8) is 0 Å². The van der Waals surface area contributed by atoms with Gasteiger partial charge in [0.25, 0.3) is 5.91 Å². The molecule has 2 heterocycles. The normalized spacial score (nSPS) is 15.2. The van der Waals surface area contributed by atoms with Crippen molar-refractivity contribution in [1.82, 2.24) is 4.31 Å². The third-order valence-electron chi connectivity index (χ3n) is 5.08. The quantitative estimate of drug-likeness (QED) is 0.525. The Morgan fingerprint density at radius 2 is 2.03 bits per heavy atom. The van der Waals surface area contributed by atoms with Crippen LogP contribution in [0.5, 0.6) is 5.75 Å². The van der Waals surface area contributed by atoms with Crippen LogP contribution in [0.1, 0.15) is 15.2 Å². The number of hydrogen-bond acceptors (Lipinski definition) is 7. The van der Waals surface area contributed by atoms with E-state index in [1.54, 1.807) is 12.1 Å². The number of sulfonamides is 1. The van der Waals surface area contributed by atoms with Crippen molar-refractivity contribution in [3.8, 4) is 5.75 Å². The summed E-state index contributed by atoms with van der Waals surface area (Å²) in [4.78, 5) is 13.2. The number of benzene rings is 2. The number of carbonyl (C=O) groups is 1. The lowest BCUT2D eigenvalue weighted by atomic mass is 10.1. The Morgan fingerprint density at radius 3 is 2.75 bits per heavy atom. The van der Waals surface area contributed by atoms with E-state index in [0.29, 0.717) is 28.9 Å². The van der Waals surface area contributed by atoms with Gasteiger partial charge in [0.05, 0.1) is 35.3 Å². The number of halogens is 1. The van der Waals surface area contributed by atoms with E-state index in [9.17, 15) is 22.7 Å². The number of phenolic OH excluding ortho intramolecular Hbond substituents is 1. The average Bonchev–Trinajstić information content (AvgIpc) is 3.16. The molecule has 0 saturated carbocycles. The largest absolute Gasteiger partial charge is 0.506 e. The molecule has 1 aliphatic heterocycles. The van der Waals surface area contributed by atoms with Crippen molar-refractivity contribution < 1.29 is 32.2 Å². The first kappa shape index (κ1) is 22.6. The summed E-state index contributed by atoms with van der Waals surface area (Å²) < 4.78 is 52.5. The SMILES string of the molecule is COCc1c(C(=O)Nc2cc(S(=O)(=O)N3CCOCC3)ccc2O)sc2cccc(F)c12. The molecule has 8 nitrogen and oxygen atoms in total. The molecule has 11 heteroatoms. The van der Waals surface area contributed by atoms with Gasteiger partial charge < -0.3 is 19.9 Å². The molecule has 170 valence electrons. The molecule has 1 saturated heterocycles. The van der Waals surface area contributed by atoms with Gasteiger partial charge >= 0.3 is 0 Å². The Morgan fingerprint density at radius 1 is 1.28 bits per heavy atom. The number of morpholine rings is 1. The zero-order chi connectivity index (χ0) is 22.9. The van der Waals surface area contributed by atoms with E-state index in [1.165, 1.54) is 35.7 Å². The van der Waals surface area contributed by atoms with Gasteiger partial charge in [-0.25, -0.2) is 12.8 Å². The lowest BCUT2D eigenvalue weighted by molar-refractivity contribution is 0.0730. The number of methoxy groups -OCH3 is 1. The molecule has 3 aromatic rings.